The third-order valence-electron chi connectivity index (χ3n) is 3.40. The van der Waals surface area contributed by atoms with Crippen molar-refractivity contribution in [1.82, 2.24) is 0 Å². The van der Waals surface area contributed by atoms with Crippen LogP contribution < -0.4 is 10.1 Å². The topological polar surface area (TPSA) is 88.8 Å². The highest BCUT2D eigenvalue weighted by atomic mass is 19.3. The number of aromatic carboxylic acids is 1. The van der Waals surface area contributed by atoms with Gasteiger partial charge in [-0.15, -0.1) is 0 Å². The van der Waals surface area contributed by atoms with Crippen molar-refractivity contribution in [3.8, 4) is 5.75 Å². The molecule has 0 spiro atoms. The second-order valence-corrected chi connectivity index (χ2v) is 5.24. The number of amides is 1. The molecule has 0 aliphatic heterocycles. The summed E-state index contributed by atoms with van der Waals surface area (Å²) in [7, 11) is 0. The zero-order valence-electron chi connectivity index (χ0n) is 13.6. The molecule has 134 valence electrons. The highest BCUT2D eigenvalue weighted by Crippen LogP contribution is 2.24. The van der Waals surface area contributed by atoms with E-state index in [9.17, 15) is 18.4 Å². The fourth-order valence-electron chi connectivity index (χ4n) is 2.16. The Morgan fingerprint density at radius 2 is 2.04 bits per heavy atom. The van der Waals surface area contributed by atoms with Crippen molar-refractivity contribution >= 4 is 17.6 Å². The number of carbonyl (C=O) groups is 2. The first kappa shape index (κ1) is 18.4. The summed E-state index contributed by atoms with van der Waals surface area (Å²) >= 11 is 0. The molecule has 1 aromatic heterocycles. The number of ether oxygens (including phenoxy) is 1. The number of alkyl halides is 2. The molecule has 0 atom stereocenters. The van der Waals surface area contributed by atoms with E-state index in [1.54, 1.807) is 26.0 Å². The van der Waals surface area contributed by atoms with Crippen molar-refractivity contribution in [2.24, 2.45) is 0 Å². The average Bonchev–Trinajstić information content (AvgIpc) is 3.00. The summed E-state index contributed by atoms with van der Waals surface area (Å²) in [6.45, 7) is 2.64. The van der Waals surface area contributed by atoms with Gasteiger partial charge in [-0.3, -0.25) is 4.79 Å². The van der Waals surface area contributed by atoms with Crippen LogP contribution >= 0.6 is 0 Å². The molecule has 0 aliphatic carbocycles. The summed E-state index contributed by atoms with van der Waals surface area (Å²) in [4.78, 5) is 23.3. The molecule has 8 heteroatoms. The summed E-state index contributed by atoms with van der Waals surface area (Å²) in [5, 5.41) is 11.6. The van der Waals surface area contributed by atoms with Crippen molar-refractivity contribution in [3.63, 3.8) is 0 Å². The first-order valence-electron chi connectivity index (χ1n) is 7.50. The second kappa shape index (κ2) is 7.78. The Bertz CT molecular complexity index is 785. The van der Waals surface area contributed by atoms with Crippen LogP contribution in [0.5, 0.6) is 5.75 Å². The smallest absolute Gasteiger partial charge is 0.339 e. The molecule has 0 aliphatic rings. The highest BCUT2D eigenvalue weighted by molar-refractivity contribution is 6.04. The minimum Gasteiger partial charge on any atom is -0.487 e. The molecule has 2 rings (SSSR count). The minimum absolute atomic E-state index is 0.0717. The van der Waals surface area contributed by atoms with Crippen molar-refractivity contribution < 1.29 is 32.6 Å². The van der Waals surface area contributed by atoms with Gasteiger partial charge in [0.15, 0.2) is 5.76 Å². The van der Waals surface area contributed by atoms with Gasteiger partial charge in [0.25, 0.3) is 12.3 Å². The molecule has 0 saturated carbocycles. The molecule has 6 nitrogen and oxygen atoms in total. The number of hydrogen-bond donors (Lipinski definition) is 2. The lowest BCUT2D eigenvalue weighted by atomic mass is 10.2. The number of carboxylic acid groups (broad SMARTS) is 1. The van der Waals surface area contributed by atoms with Crippen LogP contribution in [0.25, 0.3) is 0 Å². The van der Waals surface area contributed by atoms with Gasteiger partial charge in [-0.25, -0.2) is 13.6 Å². The molecule has 2 N–H and O–H groups in total. The van der Waals surface area contributed by atoms with Crippen molar-refractivity contribution in [3.05, 3.63) is 46.9 Å². The normalized spacial score (nSPS) is 10.8. The Morgan fingerprint density at radius 1 is 1.32 bits per heavy atom. The van der Waals surface area contributed by atoms with Gasteiger partial charge in [-0.1, -0.05) is 13.0 Å². The quantitative estimate of drug-likeness (QED) is 0.791. The third kappa shape index (κ3) is 4.56. The maximum atomic E-state index is 12.3. The SMILES string of the molecule is CCc1oc(C(=O)Nc2ccc(C)c(OCC(F)F)c2)cc1C(=O)O. The van der Waals surface area contributed by atoms with Crippen LogP contribution in [0.4, 0.5) is 14.5 Å². The van der Waals surface area contributed by atoms with Gasteiger partial charge >= 0.3 is 5.97 Å². The van der Waals surface area contributed by atoms with E-state index in [4.69, 9.17) is 14.3 Å². The molecule has 0 unspecified atom stereocenters. The minimum atomic E-state index is -2.61. The number of nitrogens with one attached hydrogen (secondary N) is 1. The van der Waals surface area contributed by atoms with Gasteiger partial charge in [-0.2, -0.15) is 0 Å². The lowest BCUT2D eigenvalue weighted by Crippen LogP contribution is -2.12. The largest absolute Gasteiger partial charge is 0.487 e. The summed E-state index contributed by atoms with van der Waals surface area (Å²) in [5.74, 6) is -1.56. The molecule has 0 saturated heterocycles. The van der Waals surface area contributed by atoms with Gasteiger partial charge in [0.2, 0.25) is 0 Å². The van der Waals surface area contributed by atoms with Crippen LogP contribution in [0, 0.1) is 6.92 Å². The fraction of sp³-hybridized carbons (Fsp3) is 0.294. The maximum Gasteiger partial charge on any atom is 0.339 e. The van der Waals surface area contributed by atoms with Crippen molar-refractivity contribution in [1.29, 1.82) is 0 Å². The number of hydrogen-bond acceptors (Lipinski definition) is 4. The molecular formula is C17H17F2NO5. The number of carbonyl (C=O) groups excluding carboxylic acids is 1. The van der Waals surface area contributed by atoms with Crippen molar-refractivity contribution in [2.75, 3.05) is 11.9 Å². The number of furan rings is 1. The van der Waals surface area contributed by atoms with Crippen molar-refractivity contribution in [2.45, 2.75) is 26.7 Å². The van der Waals surface area contributed by atoms with E-state index in [0.29, 0.717) is 17.7 Å². The average molecular weight is 353 g/mol. The number of rotatable bonds is 7. The van der Waals surface area contributed by atoms with Crippen LogP contribution in [0.3, 0.4) is 0 Å². The van der Waals surface area contributed by atoms with Crippen LogP contribution in [-0.4, -0.2) is 30.0 Å². The van der Waals surface area contributed by atoms with Crippen LogP contribution in [0.1, 0.15) is 39.2 Å². The van der Waals surface area contributed by atoms with E-state index in [1.165, 1.54) is 6.07 Å². The predicted molar refractivity (Wildman–Crippen MR) is 85.7 cm³/mol. The molecule has 0 fully saturated rings. The van der Waals surface area contributed by atoms with Gasteiger partial charge in [0, 0.05) is 24.2 Å². The highest BCUT2D eigenvalue weighted by Gasteiger charge is 2.20. The van der Waals surface area contributed by atoms with E-state index < -0.39 is 24.9 Å². The Kier molecular flexibility index (Phi) is 5.74. The predicted octanol–water partition coefficient (Wildman–Crippen LogP) is 3.74. The van der Waals surface area contributed by atoms with Gasteiger partial charge < -0.3 is 19.6 Å². The molecule has 1 heterocycles. The Hall–Kier alpha value is -2.90. The van der Waals surface area contributed by atoms with Crippen LogP contribution in [0.2, 0.25) is 0 Å². The Balaban J connectivity index is 2.17. The summed E-state index contributed by atoms with van der Waals surface area (Å²) in [6.07, 6.45) is -2.28. The van der Waals surface area contributed by atoms with Crippen LogP contribution in [0.15, 0.2) is 28.7 Å². The molecule has 1 amide bonds. The van der Waals surface area contributed by atoms with E-state index >= 15 is 0 Å². The molecule has 1 aromatic carbocycles. The lowest BCUT2D eigenvalue weighted by Gasteiger charge is -2.11. The van der Waals surface area contributed by atoms with Gasteiger partial charge in [0.05, 0.1) is 0 Å². The second-order valence-electron chi connectivity index (χ2n) is 5.24. The number of aryl methyl sites for hydroxylation is 2. The van der Waals surface area contributed by atoms with E-state index in [-0.39, 0.29) is 22.8 Å². The molecular weight excluding hydrogens is 336 g/mol. The van der Waals surface area contributed by atoms with E-state index in [1.807, 2.05) is 0 Å². The number of anilines is 1. The third-order valence-corrected chi connectivity index (χ3v) is 3.40. The monoisotopic (exact) mass is 353 g/mol. The standard InChI is InChI=1S/C17H17F2NO5/c1-3-12-11(17(22)23)7-14(25-12)16(21)20-10-5-4-9(2)13(6-10)24-8-15(18)19/h4-7,15H,3,8H2,1-2H3,(H,20,21)(H,22,23). The fourth-order valence-corrected chi connectivity index (χ4v) is 2.16. The Morgan fingerprint density at radius 3 is 2.60 bits per heavy atom. The Labute approximate surface area is 142 Å². The summed E-state index contributed by atoms with van der Waals surface area (Å²) in [5.41, 5.74) is 0.877. The first-order chi connectivity index (χ1) is 11.8. The lowest BCUT2D eigenvalue weighted by molar-refractivity contribution is 0.0694. The molecule has 25 heavy (non-hydrogen) atoms. The molecule has 0 bridgehead atoms. The number of carboxylic acids is 1. The number of halogens is 2. The molecule has 0 radical (unpaired) electrons. The van der Waals surface area contributed by atoms with E-state index in [0.717, 1.165) is 6.07 Å². The van der Waals surface area contributed by atoms with Crippen LogP contribution in [-0.2, 0) is 6.42 Å². The first-order valence-corrected chi connectivity index (χ1v) is 7.50. The number of benzene rings is 1. The maximum absolute atomic E-state index is 12.3. The summed E-state index contributed by atoms with van der Waals surface area (Å²) in [6, 6.07) is 5.75. The van der Waals surface area contributed by atoms with Gasteiger partial charge in [0.1, 0.15) is 23.7 Å². The summed E-state index contributed by atoms with van der Waals surface area (Å²) < 4.78 is 34.8. The van der Waals surface area contributed by atoms with E-state index in [2.05, 4.69) is 5.32 Å². The van der Waals surface area contributed by atoms with Gasteiger partial charge in [-0.05, 0) is 18.6 Å². The zero-order chi connectivity index (χ0) is 18.6. The molecule has 2 aromatic rings. The zero-order valence-corrected chi connectivity index (χ0v) is 13.6.